The van der Waals surface area contributed by atoms with Crippen LogP contribution in [0.5, 0.6) is 0 Å². The molecule has 2 heterocycles. The molecule has 0 saturated heterocycles. The summed E-state index contributed by atoms with van der Waals surface area (Å²) in [5.41, 5.74) is 2.39. The Hall–Kier alpha value is -1.13. The van der Waals surface area contributed by atoms with Gasteiger partial charge in [0.1, 0.15) is 0 Å². The van der Waals surface area contributed by atoms with Crippen molar-refractivity contribution in [3.63, 3.8) is 0 Å². The largest absolute Gasteiger partial charge is 0.310 e. The number of rotatable bonds is 6. The first-order chi connectivity index (χ1) is 8.72. The summed E-state index contributed by atoms with van der Waals surface area (Å²) in [7, 11) is 0. The number of nitrogens with one attached hydrogen (secondary N) is 2. The minimum Gasteiger partial charge on any atom is -0.310 e. The van der Waals surface area contributed by atoms with Crippen LogP contribution in [0.2, 0.25) is 0 Å². The molecule has 2 N–H and O–H groups in total. The van der Waals surface area contributed by atoms with Gasteiger partial charge in [0, 0.05) is 18.2 Å². The lowest BCUT2D eigenvalue weighted by Crippen LogP contribution is -2.31. The van der Waals surface area contributed by atoms with E-state index in [1.807, 2.05) is 6.20 Å². The maximum absolute atomic E-state index is 4.16. The van der Waals surface area contributed by atoms with Crippen molar-refractivity contribution in [3.8, 4) is 10.6 Å². The van der Waals surface area contributed by atoms with Crippen molar-refractivity contribution in [3.05, 3.63) is 29.3 Å². The van der Waals surface area contributed by atoms with Gasteiger partial charge in [0.15, 0.2) is 0 Å². The first-order valence-electron chi connectivity index (χ1n) is 6.51. The quantitative estimate of drug-likeness (QED) is 0.835. The van der Waals surface area contributed by atoms with Crippen LogP contribution in [-0.4, -0.2) is 16.2 Å². The molecule has 2 unspecified atom stereocenters. The van der Waals surface area contributed by atoms with E-state index in [1.165, 1.54) is 16.9 Å². The summed E-state index contributed by atoms with van der Waals surface area (Å²) in [5, 5.41) is 12.9. The fourth-order valence-corrected chi connectivity index (χ4v) is 2.66. The Morgan fingerprint density at radius 3 is 2.94 bits per heavy atom. The average molecular weight is 263 g/mol. The predicted molar refractivity (Wildman–Crippen MR) is 77.7 cm³/mol. The first kappa shape index (κ1) is 13.3. The number of nitrogens with zero attached hydrogens (tertiary/aromatic N) is 1. The standard InChI is InChI=1S/C14H21N3S/c1-4-10(2)11(3)15-8-12-9-16-17-14(12)13-6-5-7-18-13/h5-7,9-11,15H,4,8H2,1-3H3,(H,16,17). The summed E-state index contributed by atoms with van der Waals surface area (Å²) in [6, 6.07) is 4.72. The molecular formula is C14H21N3S. The minimum absolute atomic E-state index is 0.529. The zero-order valence-corrected chi connectivity index (χ0v) is 12.1. The normalized spacial score (nSPS) is 14.6. The average Bonchev–Trinajstić information content (AvgIpc) is 3.04. The number of hydrogen-bond donors (Lipinski definition) is 2. The Bertz CT molecular complexity index is 461. The van der Waals surface area contributed by atoms with E-state index in [1.54, 1.807) is 11.3 Å². The molecule has 3 nitrogen and oxygen atoms in total. The van der Waals surface area contributed by atoms with Crippen LogP contribution >= 0.6 is 11.3 Å². The van der Waals surface area contributed by atoms with Gasteiger partial charge >= 0.3 is 0 Å². The molecule has 0 aromatic carbocycles. The molecule has 18 heavy (non-hydrogen) atoms. The third kappa shape index (κ3) is 3.00. The highest BCUT2D eigenvalue weighted by Crippen LogP contribution is 2.25. The lowest BCUT2D eigenvalue weighted by Gasteiger charge is -2.19. The van der Waals surface area contributed by atoms with Crippen molar-refractivity contribution in [2.24, 2.45) is 5.92 Å². The Kier molecular flexibility index (Phi) is 4.55. The molecular weight excluding hydrogens is 242 g/mol. The van der Waals surface area contributed by atoms with Crippen molar-refractivity contribution in [2.75, 3.05) is 0 Å². The molecule has 0 aliphatic carbocycles. The third-order valence-corrected chi connectivity index (χ3v) is 4.48. The summed E-state index contributed by atoms with van der Waals surface area (Å²) in [4.78, 5) is 1.25. The molecule has 0 aliphatic rings. The van der Waals surface area contributed by atoms with E-state index in [2.05, 4.69) is 53.8 Å². The highest BCUT2D eigenvalue weighted by Gasteiger charge is 2.12. The molecule has 0 fully saturated rings. The fraction of sp³-hybridized carbons (Fsp3) is 0.500. The Labute approximate surface area is 113 Å². The molecule has 4 heteroatoms. The van der Waals surface area contributed by atoms with Gasteiger partial charge in [-0.05, 0) is 24.3 Å². The second-order valence-corrected chi connectivity index (χ2v) is 5.75. The Balaban J connectivity index is 2.01. The van der Waals surface area contributed by atoms with Crippen LogP contribution in [0.15, 0.2) is 23.7 Å². The number of aromatic nitrogens is 2. The Morgan fingerprint density at radius 1 is 1.44 bits per heavy atom. The SMILES string of the molecule is CCC(C)C(C)NCc1cn[nH]c1-c1cccs1. The number of hydrogen-bond acceptors (Lipinski definition) is 3. The van der Waals surface area contributed by atoms with Gasteiger partial charge in [0.2, 0.25) is 0 Å². The van der Waals surface area contributed by atoms with E-state index in [-0.39, 0.29) is 0 Å². The highest BCUT2D eigenvalue weighted by molar-refractivity contribution is 7.13. The van der Waals surface area contributed by atoms with Crippen LogP contribution in [0.25, 0.3) is 10.6 Å². The van der Waals surface area contributed by atoms with Crippen LogP contribution in [0, 0.1) is 5.92 Å². The lowest BCUT2D eigenvalue weighted by molar-refractivity contribution is 0.390. The second kappa shape index (κ2) is 6.16. The lowest BCUT2D eigenvalue weighted by atomic mass is 10.0. The second-order valence-electron chi connectivity index (χ2n) is 4.80. The summed E-state index contributed by atoms with van der Waals surface area (Å²) >= 11 is 1.74. The monoisotopic (exact) mass is 263 g/mol. The molecule has 0 spiro atoms. The van der Waals surface area contributed by atoms with Crippen molar-refractivity contribution in [1.82, 2.24) is 15.5 Å². The van der Waals surface area contributed by atoms with E-state index < -0.39 is 0 Å². The van der Waals surface area contributed by atoms with Crippen molar-refractivity contribution in [2.45, 2.75) is 39.8 Å². The van der Waals surface area contributed by atoms with Crippen LogP contribution in [0.1, 0.15) is 32.8 Å². The van der Waals surface area contributed by atoms with E-state index in [9.17, 15) is 0 Å². The van der Waals surface area contributed by atoms with Crippen molar-refractivity contribution >= 4 is 11.3 Å². The minimum atomic E-state index is 0.529. The topological polar surface area (TPSA) is 40.7 Å². The van der Waals surface area contributed by atoms with Crippen LogP contribution in [0.3, 0.4) is 0 Å². The van der Waals surface area contributed by atoms with Gasteiger partial charge in [0.25, 0.3) is 0 Å². The molecule has 2 atom stereocenters. The molecule has 2 aromatic rings. The zero-order valence-electron chi connectivity index (χ0n) is 11.2. The van der Waals surface area contributed by atoms with E-state index in [4.69, 9.17) is 0 Å². The summed E-state index contributed by atoms with van der Waals surface area (Å²) < 4.78 is 0. The van der Waals surface area contributed by atoms with Gasteiger partial charge in [-0.25, -0.2) is 0 Å². The van der Waals surface area contributed by atoms with Gasteiger partial charge in [-0.15, -0.1) is 11.3 Å². The molecule has 98 valence electrons. The summed E-state index contributed by atoms with van der Waals surface area (Å²) in [6.45, 7) is 7.64. The van der Waals surface area contributed by atoms with E-state index in [0.29, 0.717) is 12.0 Å². The molecule has 0 bridgehead atoms. The fourth-order valence-electron chi connectivity index (χ4n) is 1.90. The summed E-state index contributed by atoms with van der Waals surface area (Å²) in [5.74, 6) is 0.696. The Morgan fingerprint density at radius 2 is 2.28 bits per heavy atom. The van der Waals surface area contributed by atoms with Gasteiger partial charge in [0.05, 0.1) is 16.8 Å². The van der Waals surface area contributed by atoms with Crippen LogP contribution in [0.4, 0.5) is 0 Å². The van der Waals surface area contributed by atoms with Gasteiger partial charge < -0.3 is 5.32 Å². The first-order valence-corrected chi connectivity index (χ1v) is 7.39. The molecule has 2 aromatic heterocycles. The zero-order chi connectivity index (χ0) is 13.0. The predicted octanol–water partition coefficient (Wildman–Crippen LogP) is 3.66. The number of aromatic amines is 1. The van der Waals surface area contributed by atoms with Crippen LogP contribution < -0.4 is 5.32 Å². The highest BCUT2D eigenvalue weighted by atomic mass is 32.1. The molecule has 0 radical (unpaired) electrons. The van der Waals surface area contributed by atoms with Gasteiger partial charge in [-0.2, -0.15) is 5.10 Å². The third-order valence-electron chi connectivity index (χ3n) is 3.60. The maximum Gasteiger partial charge on any atom is 0.0794 e. The maximum atomic E-state index is 4.16. The van der Waals surface area contributed by atoms with E-state index in [0.717, 1.165) is 12.2 Å². The molecule has 2 rings (SSSR count). The molecule has 0 saturated carbocycles. The van der Waals surface area contributed by atoms with E-state index >= 15 is 0 Å². The van der Waals surface area contributed by atoms with Gasteiger partial charge in [-0.3, -0.25) is 5.10 Å². The smallest absolute Gasteiger partial charge is 0.0794 e. The summed E-state index contributed by atoms with van der Waals surface area (Å²) in [6.07, 6.45) is 3.13. The number of thiophene rings is 1. The van der Waals surface area contributed by atoms with Gasteiger partial charge in [-0.1, -0.05) is 26.3 Å². The van der Waals surface area contributed by atoms with Crippen LogP contribution in [-0.2, 0) is 6.54 Å². The molecule has 0 amide bonds. The number of H-pyrrole nitrogens is 1. The van der Waals surface area contributed by atoms with Crippen molar-refractivity contribution < 1.29 is 0 Å². The van der Waals surface area contributed by atoms with Crippen molar-refractivity contribution in [1.29, 1.82) is 0 Å². The molecule has 0 aliphatic heterocycles.